The van der Waals surface area contributed by atoms with Gasteiger partial charge in [-0.05, 0) is 30.9 Å². The summed E-state index contributed by atoms with van der Waals surface area (Å²) in [7, 11) is 0. The third-order valence-electron chi connectivity index (χ3n) is 4.20. The molecule has 1 aromatic carbocycles. The van der Waals surface area contributed by atoms with Gasteiger partial charge in [-0.15, -0.1) is 0 Å². The van der Waals surface area contributed by atoms with Crippen molar-refractivity contribution in [1.29, 1.82) is 0 Å². The number of rotatable bonds is 4. The topological polar surface area (TPSA) is 56.0 Å². The first-order valence-electron chi connectivity index (χ1n) is 8.31. The smallest absolute Gasteiger partial charge is 0.187 e. The van der Waals surface area contributed by atoms with E-state index < -0.39 is 11.6 Å². The highest BCUT2D eigenvalue weighted by Gasteiger charge is 2.21. The zero-order valence-electron chi connectivity index (χ0n) is 14.6. The van der Waals surface area contributed by atoms with Gasteiger partial charge < -0.3 is 0 Å². The molecule has 0 unspecified atom stereocenters. The largest absolute Gasteiger partial charge is 0.295 e. The molecule has 0 aliphatic carbocycles. The highest BCUT2D eigenvalue weighted by atomic mass is 32.2. The van der Waals surface area contributed by atoms with Gasteiger partial charge in [0.15, 0.2) is 10.8 Å². The molecule has 0 fully saturated rings. The van der Waals surface area contributed by atoms with Crippen LogP contribution in [0.5, 0.6) is 0 Å². The van der Waals surface area contributed by atoms with Crippen LogP contribution in [0.25, 0.3) is 28.3 Å². The Morgan fingerprint density at radius 1 is 1.07 bits per heavy atom. The van der Waals surface area contributed by atoms with Crippen LogP contribution < -0.4 is 0 Å². The maximum absolute atomic E-state index is 14.5. The summed E-state index contributed by atoms with van der Waals surface area (Å²) in [6.07, 6.45) is 7.65. The SMILES string of the molecule is CCc1nccn2c(-c3ccnc(SC)n3)c(-c3ccc(F)cc3F)nc12. The Hall–Kier alpha value is -2.87. The van der Waals surface area contributed by atoms with Crippen molar-refractivity contribution in [3.63, 3.8) is 0 Å². The molecule has 4 rings (SSSR count). The predicted octanol–water partition coefficient (Wildman–Crippen LogP) is 4.42. The molecule has 0 aliphatic rings. The molecule has 5 nitrogen and oxygen atoms in total. The monoisotopic (exact) mass is 383 g/mol. The van der Waals surface area contributed by atoms with Gasteiger partial charge in [-0.2, -0.15) is 0 Å². The maximum atomic E-state index is 14.5. The van der Waals surface area contributed by atoms with Crippen molar-refractivity contribution in [2.75, 3.05) is 6.26 Å². The van der Waals surface area contributed by atoms with Gasteiger partial charge in [-0.3, -0.25) is 9.38 Å². The minimum Gasteiger partial charge on any atom is -0.295 e. The lowest BCUT2D eigenvalue weighted by atomic mass is 10.1. The normalized spacial score (nSPS) is 11.3. The molecule has 4 aromatic rings. The summed E-state index contributed by atoms with van der Waals surface area (Å²) in [6.45, 7) is 1.98. The first-order valence-corrected chi connectivity index (χ1v) is 9.53. The molecule has 0 spiro atoms. The van der Waals surface area contributed by atoms with Crippen molar-refractivity contribution in [1.82, 2.24) is 24.3 Å². The van der Waals surface area contributed by atoms with Crippen LogP contribution in [0.1, 0.15) is 12.6 Å². The fourth-order valence-electron chi connectivity index (χ4n) is 2.96. The zero-order chi connectivity index (χ0) is 19.0. The van der Waals surface area contributed by atoms with Crippen molar-refractivity contribution in [3.05, 3.63) is 60.2 Å². The lowest BCUT2D eigenvalue weighted by Gasteiger charge is -2.07. The number of nitrogens with zero attached hydrogens (tertiary/aromatic N) is 5. The van der Waals surface area contributed by atoms with Gasteiger partial charge in [0, 0.05) is 30.2 Å². The van der Waals surface area contributed by atoms with Crippen LogP contribution in [0.3, 0.4) is 0 Å². The lowest BCUT2D eigenvalue weighted by molar-refractivity contribution is 0.585. The van der Waals surface area contributed by atoms with Crippen LogP contribution in [-0.4, -0.2) is 30.6 Å². The highest BCUT2D eigenvalue weighted by Crippen LogP contribution is 2.34. The van der Waals surface area contributed by atoms with Crippen molar-refractivity contribution in [2.24, 2.45) is 0 Å². The van der Waals surface area contributed by atoms with E-state index in [4.69, 9.17) is 0 Å². The predicted molar refractivity (Wildman–Crippen MR) is 101 cm³/mol. The molecule has 0 radical (unpaired) electrons. The van der Waals surface area contributed by atoms with Crippen molar-refractivity contribution in [3.8, 4) is 22.6 Å². The number of fused-ring (bicyclic) bond motifs is 1. The minimum atomic E-state index is -0.676. The molecule has 0 bridgehead atoms. The fourth-order valence-corrected chi connectivity index (χ4v) is 3.32. The van der Waals surface area contributed by atoms with Gasteiger partial charge in [-0.25, -0.2) is 23.7 Å². The molecular weight excluding hydrogens is 368 g/mol. The van der Waals surface area contributed by atoms with Gasteiger partial charge in [0.1, 0.15) is 17.3 Å². The summed E-state index contributed by atoms with van der Waals surface area (Å²) in [5, 5.41) is 0.595. The third kappa shape index (κ3) is 3.06. The first-order chi connectivity index (χ1) is 13.1. The Bertz CT molecular complexity index is 1140. The number of aryl methyl sites for hydroxylation is 1. The van der Waals surface area contributed by atoms with Crippen LogP contribution in [-0.2, 0) is 6.42 Å². The molecule has 3 heterocycles. The van der Waals surface area contributed by atoms with E-state index in [-0.39, 0.29) is 5.56 Å². The fraction of sp³-hybridized carbons (Fsp3) is 0.158. The van der Waals surface area contributed by atoms with Gasteiger partial charge >= 0.3 is 0 Å². The Kier molecular flexibility index (Phi) is 4.57. The molecule has 0 atom stereocenters. The Labute approximate surface area is 158 Å². The highest BCUT2D eigenvalue weighted by molar-refractivity contribution is 7.98. The molecule has 0 saturated carbocycles. The van der Waals surface area contributed by atoms with Crippen LogP contribution in [0.15, 0.2) is 48.0 Å². The van der Waals surface area contributed by atoms with Gasteiger partial charge in [0.2, 0.25) is 0 Å². The molecule has 0 saturated heterocycles. The molecule has 136 valence electrons. The van der Waals surface area contributed by atoms with Gasteiger partial charge in [-0.1, -0.05) is 18.7 Å². The lowest BCUT2D eigenvalue weighted by Crippen LogP contribution is -1.98. The molecule has 8 heteroatoms. The van der Waals surface area contributed by atoms with Gasteiger partial charge in [0.05, 0.1) is 17.1 Å². The number of hydrogen-bond acceptors (Lipinski definition) is 5. The van der Waals surface area contributed by atoms with E-state index in [2.05, 4.69) is 19.9 Å². The van der Waals surface area contributed by atoms with E-state index in [0.717, 1.165) is 11.8 Å². The summed E-state index contributed by atoms with van der Waals surface area (Å²) < 4.78 is 29.8. The Morgan fingerprint density at radius 3 is 2.67 bits per heavy atom. The van der Waals surface area contributed by atoms with E-state index >= 15 is 0 Å². The number of imidazole rings is 1. The quantitative estimate of drug-likeness (QED) is 0.386. The summed E-state index contributed by atoms with van der Waals surface area (Å²) in [4.78, 5) is 17.8. The second kappa shape index (κ2) is 7.03. The van der Waals surface area contributed by atoms with Crippen LogP contribution in [0.4, 0.5) is 8.78 Å². The third-order valence-corrected chi connectivity index (χ3v) is 4.76. The number of hydrogen-bond donors (Lipinski definition) is 0. The molecule has 3 aromatic heterocycles. The van der Waals surface area contributed by atoms with E-state index in [0.29, 0.717) is 34.3 Å². The standard InChI is InChI=1S/C19H15F2N5S/c1-3-14-18-25-16(12-5-4-11(20)10-13(12)21)17(26(18)9-8-22-14)15-6-7-23-19(24-15)27-2/h4-10H,3H2,1-2H3. The van der Waals surface area contributed by atoms with Crippen molar-refractivity contribution >= 4 is 17.4 Å². The van der Waals surface area contributed by atoms with E-state index in [9.17, 15) is 8.78 Å². The van der Waals surface area contributed by atoms with Gasteiger partial charge in [0.25, 0.3) is 0 Å². The number of benzene rings is 1. The molecular formula is C19H15F2N5S. The average molecular weight is 383 g/mol. The minimum absolute atomic E-state index is 0.210. The number of thioether (sulfide) groups is 1. The number of aromatic nitrogens is 5. The van der Waals surface area contributed by atoms with E-state index in [1.54, 1.807) is 24.7 Å². The summed E-state index contributed by atoms with van der Waals surface area (Å²) >= 11 is 1.41. The number of halogens is 2. The summed E-state index contributed by atoms with van der Waals surface area (Å²) in [5.41, 5.74) is 3.23. The van der Waals surface area contributed by atoms with Crippen molar-refractivity contribution in [2.45, 2.75) is 18.5 Å². The zero-order valence-corrected chi connectivity index (χ0v) is 15.5. The van der Waals surface area contributed by atoms with Crippen molar-refractivity contribution < 1.29 is 8.78 Å². The molecule has 27 heavy (non-hydrogen) atoms. The van der Waals surface area contributed by atoms with Crippen LogP contribution >= 0.6 is 11.8 Å². The maximum Gasteiger partial charge on any atom is 0.187 e. The second-order valence-electron chi connectivity index (χ2n) is 5.78. The second-order valence-corrected chi connectivity index (χ2v) is 6.56. The van der Waals surface area contributed by atoms with E-state index in [1.807, 2.05) is 17.6 Å². The van der Waals surface area contributed by atoms with E-state index in [1.165, 1.54) is 23.9 Å². The Morgan fingerprint density at radius 2 is 1.93 bits per heavy atom. The van der Waals surface area contributed by atoms with Crippen LogP contribution in [0, 0.1) is 11.6 Å². The average Bonchev–Trinajstić information content (AvgIpc) is 3.07. The molecule has 0 amide bonds. The summed E-state index contributed by atoms with van der Waals surface area (Å²) in [6, 6.07) is 5.22. The summed E-state index contributed by atoms with van der Waals surface area (Å²) in [5.74, 6) is -1.31. The Balaban J connectivity index is 2.08. The van der Waals surface area contributed by atoms with Crippen LogP contribution in [0.2, 0.25) is 0 Å². The molecule has 0 N–H and O–H groups in total. The molecule has 0 aliphatic heterocycles. The first kappa shape index (κ1) is 17.5.